The number of sulfonamides is 1. The predicted octanol–water partition coefficient (Wildman–Crippen LogP) is 4.09. The van der Waals surface area contributed by atoms with Crippen LogP contribution >= 0.6 is 0 Å². The Kier molecular flexibility index (Phi) is 5.22. The van der Waals surface area contributed by atoms with Gasteiger partial charge in [0.1, 0.15) is 5.75 Å². The molecule has 0 bridgehead atoms. The topological polar surface area (TPSA) is 75.7 Å². The van der Waals surface area contributed by atoms with Gasteiger partial charge < -0.3 is 10.1 Å². The lowest BCUT2D eigenvalue weighted by Crippen LogP contribution is -2.35. The highest BCUT2D eigenvalue weighted by molar-refractivity contribution is 7.92. The Bertz CT molecular complexity index is 1190. The van der Waals surface area contributed by atoms with Crippen molar-refractivity contribution in [1.82, 2.24) is 0 Å². The van der Waals surface area contributed by atoms with Crippen LogP contribution in [0.15, 0.2) is 77.7 Å². The summed E-state index contributed by atoms with van der Waals surface area (Å²) >= 11 is 0. The first-order chi connectivity index (χ1) is 14.4. The third kappa shape index (κ3) is 3.64. The molecular formula is C23H22N2O4S. The van der Waals surface area contributed by atoms with Crippen LogP contribution in [0.5, 0.6) is 5.75 Å². The standard InChI is InChI=1S/C23H22N2O4S/c1-16-13-18-14-17(23(26)24-19-7-6-8-20(15-19)29-2)11-12-22(18)25(16)30(27,28)21-9-4-3-5-10-21/h3-12,14-16H,13H2,1-2H3,(H,24,26)/t16-/m0/s1. The summed E-state index contributed by atoms with van der Waals surface area (Å²) in [5, 5.41) is 2.85. The third-order valence-corrected chi connectivity index (χ3v) is 7.06. The molecule has 0 saturated heterocycles. The molecule has 4 rings (SSSR count). The minimum absolute atomic E-state index is 0.234. The Morgan fingerprint density at radius 2 is 1.80 bits per heavy atom. The summed E-state index contributed by atoms with van der Waals surface area (Å²) in [6.45, 7) is 1.87. The second-order valence-electron chi connectivity index (χ2n) is 7.20. The molecular weight excluding hydrogens is 400 g/mol. The summed E-state index contributed by atoms with van der Waals surface area (Å²) < 4.78 is 33.0. The zero-order chi connectivity index (χ0) is 21.3. The molecule has 1 aliphatic rings. The highest BCUT2D eigenvalue weighted by Gasteiger charge is 2.36. The van der Waals surface area contributed by atoms with Crippen molar-refractivity contribution in [2.75, 3.05) is 16.7 Å². The molecule has 7 heteroatoms. The number of carbonyl (C=O) groups is 1. The Morgan fingerprint density at radius 1 is 1.03 bits per heavy atom. The van der Waals surface area contributed by atoms with Crippen LogP contribution in [0.3, 0.4) is 0 Å². The van der Waals surface area contributed by atoms with E-state index in [0.717, 1.165) is 5.56 Å². The maximum Gasteiger partial charge on any atom is 0.264 e. The van der Waals surface area contributed by atoms with Crippen molar-refractivity contribution < 1.29 is 17.9 Å². The van der Waals surface area contributed by atoms with Crippen LogP contribution in [-0.2, 0) is 16.4 Å². The van der Waals surface area contributed by atoms with Crippen LogP contribution in [0.2, 0.25) is 0 Å². The summed E-state index contributed by atoms with van der Waals surface area (Å²) in [5.74, 6) is 0.389. The highest BCUT2D eigenvalue weighted by Crippen LogP contribution is 2.37. The number of carbonyl (C=O) groups excluding carboxylic acids is 1. The fraction of sp³-hybridized carbons (Fsp3) is 0.174. The van der Waals surface area contributed by atoms with E-state index in [1.807, 2.05) is 6.92 Å². The van der Waals surface area contributed by atoms with Crippen LogP contribution in [0.25, 0.3) is 0 Å². The predicted molar refractivity (Wildman–Crippen MR) is 117 cm³/mol. The van der Waals surface area contributed by atoms with Crippen LogP contribution in [0, 0.1) is 0 Å². The van der Waals surface area contributed by atoms with E-state index in [1.165, 1.54) is 4.31 Å². The third-order valence-electron chi connectivity index (χ3n) is 5.12. The minimum Gasteiger partial charge on any atom is -0.497 e. The molecule has 30 heavy (non-hydrogen) atoms. The van der Waals surface area contributed by atoms with Crippen LogP contribution in [0.1, 0.15) is 22.8 Å². The van der Waals surface area contributed by atoms with Gasteiger partial charge in [-0.3, -0.25) is 9.10 Å². The maximum atomic E-state index is 13.2. The maximum absolute atomic E-state index is 13.2. The molecule has 1 aliphatic heterocycles. The number of hydrogen-bond donors (Lipinski definition) is 1. The summed E-state index contributed by atoms with van der Waals surface area (Å²) in [5.41, 5.74) is 2.55. The van der Waals surface area contributed by atoms with Crippen molar-refractivity contribution in [3.8, 4) is 5.75 Å². The first-order valence-electron chi connectivity index (χ1n) is 9.58. The molecule has 0 aromatic heterocycles. The summed E-state index contributed by atoms with van der Waals surface area (Å²) in [6, 6.07) is 20.4. The zero-order valence-electron chi connectivity index (χ0n) is 16.7. The van der Waals surface area contributed by atoms with Crippen molar-refractivity contribution in [1.29, 1.82) is 0 Å². The average molecular weight is 423 g/mol. The molecule has 6 nitrogen and oxygen atoms in total. The number of rotatable bonds is 5. The molecule has 0 aliphatic carbocycles. The number of fused-ring (bicyclic) bond motifs is 1. The van der Waals surface area contributed by atoms with Crippen LogP contribution in [0.4, 0.5) is 11.4 Å². The van der Waals surface area contributed by atoms with E-state index >= 15 is 0 Å². The van der Waals surface area contributed by atoms with Crippen molar-refractivity contribution in [3.63, 3.8) is 0 Å². The van der Waals surface area contributed by atoms with Crippen molar-refractivity contribution >= 4 is 27.3 Å². The lowest BCUT2D eigenvalue weighted by Gasteiger charge is -2.24. The largest absolute Gasteiger partial charge is 0.497 e. The molecule has 1 heterocycles. The molecule has 3 aromatic carbocycles. The van der Waals surface area contributed by atoms with E-state index in [9.17, 15) is 13.2 Å². The molecule has 1 N–H and O–H groups in total. The van der Waals surface area contributed by atoms with Gasteiger partial charge in [0.15, 0.2) is 0 Å². The number of benzene rings is 3. The van der Waals surface area contributed by atoms with E-state index in [2.05, 4.69) is 5.32 Å². The van der Waals surface area contributed by atoms with E-state index in [0.29, 0.717) is 29.1 Å². The average Bonchev–Trinajstić information content (AvgIpc) is 3.10. The SMILES string of the molecule is COc1cccc(NC(=O)c2ccc3c(c2)C[C@H](C)N3S(=O)(=O)c2ccccc2)c1. The number of methoxy groups -OCH3 is 1. The molecule has 1 atom stereocenters. The Hall–Kier alpha value is -3.32. The van der Waals surface area contributed by atoms with Gasteiger partial charge in [-0.2, -0.15) is 0 Å². The van der Waals surface area contributed by atoms with E-state index in [1.54, 1.807) is 79.9 Å². The van der Waals surface area contributed by atoms with Gasteiger partial charge in [-0.15, -0.1) is 0 Å². The van der Waals surface area contributed by atoms with Gasteiger partial charge in [0.2, 0.25) is 0 Å². The van der Waals surface area contributed by atoms with Gasteiger partial charge in [-0.05, 0) is 61.4 Å². The summed E-state index contributed by atoms with van der Waals surface area (Å²) in [6.07, 6.45) is 0.543. The van der Waals surface area contributed by atoms with Gasteiger partial charge in [0.25, 0.3) is 15.9 Å². The smallest absolute Gasteiger partial charge is 0.264 e. The van der Waals surface area contributed by atoms with Gasteiger partial charge in [0.05, 0.1) is 17.7 Å². The van der Waals surface area contributed by atoms with Crippen molar-refractivity contribution in [2.45, 2.75) is 24.3 Å². The molecule has 0 saturated carbocycles. The second-order valence-corrected chi connectivity index (χ2v) is 9.01. The van der Waals surface area contributed by atoms with E-state index < -0.39 is 10.0 Å². The van der Waals surface area contributed by atoms with Gasteiger partial charge in [0, 0.05) is 23.4 Å². The van der Waals surface area contributed by atoms with Crippen LogP contribution in [-0.4, -0.2) is 27.5 Å². The number of anilines is 2. The number of nitrogens with zero attached hydrogens (tertiary/aromatic N) is 1. The second kappa shape index (κ2) is 7.84. The molecule has 154 valence electrons. The van der Waals surface area contributed by atoms with Crippen LogP contribution < -0.4 is 14.4 Å². The summed E-state index contributed by atoms with van der Waals surface area (Å²) in [7, 11) is -2.10. The molecule has 3 aromatic rings. The first kappa shape index (κ1) is 20.0. The highest BCUT2D eigenvalue weighted by atomic mass is 32.2. The Labute approximate surface area is 176 Å². The van der Waals surface area contributed by atoms with Gasteiger partial charge >= 0.3 is 0 Å². The Morgan fingerprint density at radius 3 is 2.53 bits per heavy atom. The lowest BCUT2D eigenvalue weighted by molar-refractivity contribution is 0.102. The number of nitrogens with one attached hydrogen (secondary N) is 1. The number of hydrogen-bond acceptors (Lipinski definition) is 4. The monoisotopic (exact) mass is 422 g/mol. The fourth-order valence-electron chi connectivity index (χ4n) is 3.72. The molecule has 0 radical (unpaired) electrons. The molecule has 0 unspecified atom stereocenters. The molecule has 1 amide bonds. The van der Waals surface area contributed by atoms with Crippen molar-refractivity contribution in [2.24, 2.45) is 0 Å². The Balaban J connectivity index is 1.62. The van der Waals surface area contributed by atoms with E-state index in [4.69, 9.17) is 4.74 Å². The van der Waals surface area contributed by atoms with Crippen molar-refractivity contribution in [3.05, 3.63) is 83.9 Å². The lowest BCUT2D eigenvalue weighted by atomic mass is 10.1. The number of amides is 1. The van der Waals surface area contributed by atoms with Gasteiger partial charge in [-0.1, -0.05) is 24.3 Å². The van der Waals surface area contributed by atoms with E-state index in [-0.39, 0.29) is 16.8 Å². The van der Waals surface area contributed by atoms with Gasteiger partial charge in [-0.25, -0.2) is 8.42 Å². The fourth-order valence-corrected chi connectivity index (χ4v) is 5.43. The number of ether oxygens (including phenoxy) is 1. The first-order valence-corrected chi connectivity index (χ1v) is 11.0. The zero-order valence-corrected chi connectivity index (χ0v) is 17.5. The molecule has 0 fully saturated rings. The molecule has 0 spiro atoms. The summed E-state index contributed by atoms with van der Waals surface area (Å²) in [4.78, 5) is 13.0. The minimum atomic E-state index is -3.67. The quantitative estimate of drug-likeness (QED) is 0.672. The normalized spacial score (nSPS) is 15.5.